The Bertz CT molecular complexity index is 727. The predicted octanol–water partition coefficient (Wildman–Crippen LogP) is 2.57. The van der Waals surface area contributed by atoms with Crippen molar-refractivity contribution in [1.82, 2.24) is 0 Å². The van der Waals surface area contributed by atoms with E-state index >= 15 is 0 Å². The van der Waals surface area contributed by atoms with Crippen LogP contribution in [0, 0.1) is 12.7 Å². The van der Waals surface area contributed by atoms with Crippen LogP contribution < -0.4 is 4.72 Å². The summed E-state index contributed by atoms with van der Waals surface area (Å²) in [4.78, 5) is 0. The van der Waals surface area contributed by atoms with E-state index in [1.807, 2.05) is 0 Å². The van der Waals surface area contributed by atoms with Crippen LogP contribution in [0.15, 0.2) is 42.5 Å². The van der Waals surface area contributed by atoms with Crippen LogP contribution in [0.3, 0.4) is 0 Å². The van der Waals surface area contributed by atoms with E-state index in [9.17, 15) is 12.8 Å². The zero-order valence-corrected chi connectivity index (χ0v) is 12.3. The van der Waals surface area contributed by atoms with Gasteiger partial charge in [0.1, 0.15) is 5.82 Å². The van der Waals surface area contributed by atoms with E-state index in [4.69, 9.17) is 5.11 Å². The minimum atomic E-state index is -3.57. The molecule has 0 saturated carbocycles. The molecule has 0 saturated heterocycles. The zero-order chi connectivity index (χ0) is 15.5. The Balaban J connectivity index is 2.12. The maximum absolute atomic E-state index is 13.2. The summed E-state index contributed by atoms with van der Waals surface area (Å²) in [5.74, 6) is -0.563. The maximum atomic E-state index is 13.2. The molecular formula is C15H16FNO3S. The number of nitrogens with one attached hydrogen (secondary N) is 1. The molecule has 0 radical (unpaired) electrons. The summed E-state index contributed by atoms with van der Waals surface area (Å²) in [5.41, 5.74) is 2.04. The maximum Gasteiger partial charge on any atom is 0.236 e. The van der Waals surface area contributed by atoms with Crippen LogP contribution in [0.4, 0.5) is 10.1 Å². The van der Waals surface area contributed by atoms with Gasteiger partial charge >= 0.3 is 0 Å². The van der Waals surface area contributed by atoms with Crippen molar-refractivity contribution in [2.45, 2.75) is 19.3 Å². The second-order valence-corrected chi connectivity index (χ2v) is 6.52. The number of benzene rings is 2. The van der Waals surface area contributed by atoms with Gasteiger partial charge in [-0.1, -0.05) is 24.3 Å². The third kappa shape index (κ3) is 4.27. The van der Waals surface area contributed by atoms with Gasteiger partial charge in [0.2, 0.25) is 10.0 Å². The van der Waals surface area contributed by atoms with E-state index in [2.05, 4.69) is 4.72 Å². The second kappa shape index (κ2) is 6.24. The first-order valence-electron chi connectivity index (χ1n) is 6.35. The standard InChI is InChI=1S/C15H16FNO3S/c1-11-8-14(6-7-15(11)16)17-21(19,20)10-13-4-2-12(9-18)3-5-13/h2-8,17-18H,9-10H2,1H3. The highest BCUT2D eigenvalue weighted by Crippen LogP contribution is 2.17. The number of hydrogen-bond acceptors (Lipinski definition) is 3. The monoisotopic (exact) mass is 309 g/mol. The van der Waals surface area contributed by atoms with Gasteiger partial charge in [0.05, 0.1) is 12.4 Å². The zero-order valence-electron chi connectivity index (χ0n) is 11.5. The van der Waals surface area contributed by atoms with Gasteiger partial charge in [0.15, 0.2) is 0 Å². The van der Waals surface area contributed by atoms with Crippen LogP contribution in [0.25, 0.3) is 0 Å². The lowest BCUT2D eigenvalue weighted by atomic mass is 10.2. The quantitative estimate of drug-likeness (QED) is 0.892. The average Bonchev–Trinajstić information content (AvgIpc) is 2.43. The molecule has 0 aliphatic carbocycles. The van der Waals surface area contributed by atoms with Crippen molar-refractivity contribution < 1.29 is 17.9 Å². The number of hydrogen-bond donors (Lipinski definition) is 2. The average molecular weight is 309 g/mol. The molecule has 0 amide bonds. The number of anilines is 1. The molecule has 21 heavy (non-hydrogen) atoms. The molecule has 2 aromatic carbocycles. The molecule has 0 fully saturated rings. The number of aliphatic hydroxyl groups is 1. The molecule has 112 valence electrons. The van der Waals surface area contributed by atoms with Crippen LogP contribution in [0.1, 0.15) is 16.7 Å². The Morgan fingerprint density at radius 3 is 2.29 bits per heavy atom. The highest BCUT2D eigenvalue weighted by molar-refractivity contribution is 7.91. The fourth-order valence-electron chi connectivity index (χ4n) is 1.88. The van der Waals surface area contributed by atoms with Gasteiger partial charge in [-0.15, -0.1) is 0 Å². The Kier molecular flexibility index (Phi) is 4.59. The minimum absolute atomic E-state index is 0.0832. The molecule has 4 nitrogen and oxygen atoms in total. The number of aliphatic hydroxyl groups excluding tert-OH is 1. The summed E-state index contributed by atoms with van der Waals surface area (Å²) in [7, 11) is -3.57. The molecule has 2 N–H and O–H groups in total. The molecular weight excluding hydrogens is 293 g/mol. The van der Waals surface area contributed by atoms with E-state index < -0.39 is 10.0 Å². The number of rotatable bonds is 5. The predicted molar refractivity (Wildman–Crippen MR) is 79.7 cm³/mol. The third-order valence-electron chi connectivity index (χ3n) is 2.99. The highest BCUT2D eigenvalue weighted by Gasteiger charge is 2.12. The van der Waals surface area contributed by atoms with E-state index in [-0.39, 0.29) is 18.2 Å². The molecule has 0 atom stereocenters. The van der Waals surface area contributed by atoms with Gasteiger partial charge in [-0.25, -0.2) is 12.8 Å². The first-order chi connectivity index (χ1) is 9.89. The fraction of sp³-hybridized carbons (Fsp3) is 0.200. The molecule has 0 bridgehead atoms. The van der Waals surface area contributed by atoms with Crippen molar-refractivity contribution in [3.8, 4) is 0 Å². The van der Waals surface area contributed by atoms with Crippen LogP contribution >= 0.6 is 0 Å². The molecule has 0 unspecified atom stereocenters. The van der Waals surface area contributed by atoms with Gasteiger partial charge in [0, 0.05) is 5.69 Å². The lowest BCUT2D eigenvalue weighted by Crippen LogP contribution is -2.15. The molecule has 0 spiro atoms. The Morgan fingerprint density at radius 1 is 1.10 bits per heavy atom. The summed E-state index contributed by atoms with van der Waals surface area (Å²) >= 11 is 0. The van der Waals surface area contributed by atoms with Crippen molar-refractivity contribution in [3.05, 3.63) is 65.0 Å². The lowest BCUT2D eigenvalue weighted by Gasteiger charge is -2.09. The summed E-state index contributed by atoms with van der Waals surface area (Å²) in [6.45, 7) is 1.49. The molecule has 0 aliphatic heterocycles. The summed E-state index contributed by atoms with van der Waals surface area (Å²) < 4.78 is 39.7. The first-order valence-corrected chi connectivity index (χ1v) is 8.00. The van der Waals surface area contributed by atoms with Gasteiger partial charge in [-0.3, -0.25) is 4.72 Å². The van der Waals surface area contributed by atoms with Crippen molar-refractivity contribution in [3.63, 3.8) is 0 Å². The van der Waals surface area contributed by atoms with Crippen molar-refractivity contribution in [2.24, 2.45) is 0 Å². The molecule has 2 aromatic rings. The van der Waals surface area contributed by atoms with Crippen LogP contribution in [0.5, 0.6) is 0 Å². The van der Waals surface area contributed by atoms with E-state index in [0.29, 0.717) is 16.8 Å². The van der Waals surface area contributed by atoms with Crippen LogP contribution in [0.2, 0.25) is 0 Å². The molecule has 0 aromatic heterocycles. The molecule has 6 heteroatoms. The molecule has 2 rings (SSSR count). The highest BCUT2D eigenvalue weighted by atomic mass is 32.2. The van der Waals surface area contributed by atoms with E-state index in [1.54, 1.807) is 31.2 Å². The molecule has 0 aliphatic rings. The Hall–Kier alpha value is -1.92. The number of sulfonamides is 1. The number of aryl methyl sites for hydroxylation is 1. The largest absolute Gasteiger partial charge is 0.392 e. The Morgan fingerprint density at radius 2 is 1.71 bits per heavy atom. The Labute approximate surface area is 123 Å². The van der Waals surface area contributed by atoms with Gasteiger partial charge < -0.3 is 5.11 Å². The van der Waals surface area contributed by atoms with Crippen LogP contribution in [-0.4, -0.2) is 13.5 Å². The van der Waals surface area contributed by atoms with Crippen molar-refractivity contribution in [1.29, 1.82) is 0 Å². The normalized spacial score (nSPS) is 11.4. The first kappa shape index (κ1) is 15.5. The van der Waals surface area contributed by atoms with Crippen LogP contribution in [-0.2, 0) is 22.4 Å². The third-order valence-corrected chi connectivity index (χ3v) is 4.25. The van der Waals surface area contributed by atoms with Gasteiger partial charge in [-0.2, -0.15) is 0 Å². The minimum Gasteiger partial charge on any atom is -0.392 e. The molecule has 0 heterocycles. The number of halogens is 1. The van der Waals surface area contributed by atoms with Gasteiger partial charge in [-0.05, 0) is 41.8 Å². The summed E-state index contributed by atoms with van der Waals surface area (Å²) in [6, 6.07) is 10.7. The van der Waals surface area contributed by atoms with E-state index in [0.717, 1.165) is 5.56 Å². The fourth-order valence-corrected chi connectivity index (χ4v) is 3.07. The smallest absolute Gasteiger partial charge is 0.236 e. The van der Waals surface area contributed by atoms with Crippen molar-refractivity contribution in [2.75, 3.05) is 4.72 Å². The van der Waals surface area contributed by atoms with E-state index in [1.165, 1.54) is 18.2 Å². The summed E-state index contributed by atoms with van der Waals surface area (Å²) in [5, 5.41) is 8.94. The lowest BCUT2D eigenvalue weighted by molar-refractivity contribution is 0.282. The topological polar surface area (TPSA) is 66.4 Å². The SMILES string of the molecule is Cc1cc(NS(=O)(=O)Cc2ccc(CO)cc2)ccc1F. The summed E-state index contributed by atoms with van der Waals surface area (Å²) in [6.07, 6.45) is 0. The van der Waals surface area contributed by atoms with Gasteiger partial charge in [0.25, 0.3) is 0 Å². The second-order valence-electron chi connectivity index (χ2n) is 4.80. The van der Waals surface area contributed by atoms with Crippen molar-refractivity contribution >= 4 is 15.7 Å².